The summed E-state index contributed by atoms with van der Waals surface area (Å²) in [6, 6.07) is 16.7. The number of para-hydroxylation sites is 2. The van der Waals surface area contributed by atoms with Crippen molar-refractivity contribution < 1.29 is 14.3 Å². The van der Waals surface area contributed by atoms with Crippen molar-refractivity contribution in [3.05, 3.63) is 89.5 Å². The molecule has 8 heteroatoms. The monoisotopic (exact) mass is 453 g/mol. The SMILES string of the molecule is CNC(=O)c1cc(Oc2ccc3c(c2)CC(NC(=O)c2cnc4ccccc4n2)CC3)ccn1. The fraction of sp³-hybridized carbons (Fsp3) is 0.192. The second-order valence-electron chi connectivity index (χ2n) is 8.15. The molecular formula is C26H23N5O3. The average Bonchev–Trinajstić information content (AvgIpc) is 2.88. The van der Waals surface area contributed by atoms with Crippen LogP contribution in [0.5, 0.6) is 11.5 Å². The van der Waals surface area contributed by atoms with E-state index in [0.717, 1.165) is 23.9 Å². The normalized spacial score (nSPS) is 14.8. The summed E-state index contributed by atoms with van der Waals surface area (Å²) < 4.78 is 5.98. The first-order valence-corrected chi connectivity index (χ1v) is 11.1. The second-order valence-corrected chi connectivity index (χ2v) is 8.15. The minimum Gasteiger partial charge on any atom is -0.457 e. The molecule has 0 fully saturated rings. The molecular weight excluding hydrogens is 430 g/mol. The summed E-state index contributed by atoms with van der Waals surface area (Å²) in [5, 5.41) is 5.66. The molecule has 2 heterocycles. The third-order valence-electron chi connectivity index (χ3n) is 5.85. The van der Waals surface area contributed by atoms with Crippen LogP contribution in [0.1, 0.15) is 38.5 Å². The molecule has 170 valence electrons. The smallest absolute Gasteiger partial charge is 0.271 e. The molecule has 1 unspecified atom stereocenters. The van der Waals surface area contributed by atoms with Crippen LogP contribution in [-0.2, 0) is 12.8 Å². The van der Waals surface area contributed by atoms with Gasteiger partial charge < -0.3 is 15.4 Å². The van der Waals surface area contributed by atoms with Gasteiger partial charge >= 0.3 is 0 Å². The van der Waals surface area contributed by atoms with Gasteiger partial charge in [0.1, 0.15) is 22.9 Å². The highest BCUT2D eigenvalue weighted by Crippen LogP contribution is 2.29. The summed E-state index contributed by atoms with van der Waals surface area (Å²) in [5.74, 6) is 0.701. The van der Waals surface area contributed by atoms with E-state index in [0.29, 0.717) is 29.1 Å². The molecule has 2 amide bonds. The number of nitrogens with one attached hydrogen (secondary N) is 2. The van der Waals surface area contributed by atoms with Crippen LogP contribution in [0.4, 0.5) is 0 Å². The fourth-order valence-electron chi connectivity index (χ4n) is 4.11. The van der Waals surface area contributed by atoms with Crippen LogP contribution in [0.2, 0.25) is 0 Å². The van der Waals surface area contributed by atoms with Gasteiger partial charge in [0.15, 0.2) is 0 Å². The predicted octanol–water partition coefficient (Wildman–Crippen LogP) is 3.46. The summed E-state index contributed by atoms with van der Waals surface area (Å²) in [4.78, 5) is 37.5. The van der Waals surface area contributed by atoms with Crippen molar-refractivity contribution in [2.45, 2.75) is 25.3 Å². The van der Waals surface area contributed by atoms with E-state index >= 15 is 0 Å². The Balaban J connectivity index is 1.28. The Bertz CT molecular complexity index is 1390. The van der Waals surface area contributed by atoms with Crippen LogP contribution < -0.4 is 15.4 Å². The maximum Gasteiger partial charge on any atom is 0.271 e. The van der Waals surface area contributed by atoms with Gasteiger partial charge in [0, 0.05) is 25.4 Å². The zero-order valence-corrected chi connectivity index (χ0v) is 18.6. The molecule has 0 spiro atoms. The van der Waals surface area contributed by atoms with Crippen LogP contribution in [0, 0.1) is 0 Å². The van der Waals surface area contributed by atoms with Crippen LogP contribution in [0.3, 0.4) is 0 Å². The number of rotatable bonds is 5. The number of hydrogen-bond acceptors (Lipinski definition) is 6. The lowest BCUT2D eigenvalue weighted by atomic mass is 9.88. The second kappa shape index (κ2) is 9.27. The Labute approximate surface area is 196 Å². The van der Waals surface area contributed by atoms with Gasteiger partial charge in [-0.3, -0.25) is 19.6 Å². The summed E-state index contributed by atoms with van der Waals surface area (Å²) >= 11 is 0. The molecule has 0 bridgehead atoms. The number of amides is 2. The molecule has 4 aromatic rings. The maximum absolute atomic E-state index is 12.8. The van der Waals surface area contributed by atoms with Gasteiger partial charge in [-0.1, -0.05) is 18.2 Å². The number of hydrogen-bond donors (Lipinski definition) is 2. The zero-order valence-electron chi connectivity index (χ0n) is 18.6. The van der Waals surface area contributed by atoms with E-state index in [4.69, 9.17) is 4.74 Å². The quantitative estimate of drug-likeness (QED) is 0.479. The first kappa shape index (κ1) is 21.5. The number of nitrogens with zero attached hydrogens (tertiary/aromatic N) is 3. The van der Waals surface area contributed by atoms with Crippen LogP contribution >= 0.6 is 0 Å². The zero-order chi connectivity index (χ0) is 23.5. The van der Waals surface area contributed by atoms with E-state index in [1.165, 1.54) is 11.8 Å². The van der Waals surface area contributed by atoms with E-state index in [-0.39, 0.29) is 23.6 Å². The average molecular weight is 454 g/mol. The van der Waals surface area contributed by atoms with Gasteiger partial charge in [-0.05, 0) is 60.7 Å². The predicted molar refractivity (Wildman–Crippen MR) is 127 cm³/mol. The number of carbonyl (C=O) groups excluding carboxylic acids is 2. The Hall–Kier alpha value is -4.33. The van der Waals surface area contributed by atoms with Gasteiger partial charge in [-0.15, -0.1) is 0 Å². The molecule has 5 rings (SSSR count). The lowest BCUT2D eigenvalue weighted by molar-refractivity contribution is 0.0926. The Morgan fingerprint density at radius 1 is 0.912 bits per heavy atom. The van der Waals surface area contributed by atoms with Crippen molar-refractivity contribution in [2.75, 3.05) is 7.05 Å². The third-order valence-corrected chi connectivity index (χ3v) is 5.85. The number of pyridine rings is 1. The summed E-state index contributed by atoms with van der Waals surface area (Å²) in [5.41, 5.74) is 4.42. The van der Waals surface area contributed by atoms with Crippen molar-refractivity contribution in [1.29, 1.82) is 0 Å². The van der Waals surface area contributed by atoms with Crippen molar-refractivity contribution >= 4 is 22.8 Å². The Kier molecular flexibility index (Phi) is 5.86. The molecule has 1 atom stereocenters. The minimum absolute atomic E-state index is 0.00991. The number of benzene rings is 2. The molecule has 0 saturated carbocycles. The minimum atomic E-state index is -0.273. The summed E-state index contributed by atoms with van der Waals surface area (Å²) in [6.07, 6.45) is 5.46. The Morgan fingerprint density at radius 2 is 1.74 bits per heavy atom. The van der Waals surface area contributed by atoms with Crippen LogP contribution in [0.15, 0.2) is 67.0 Å². The highest BCUT2D eigenvalue weighted by Gasteiger charge is 2.22. The molecule has 0 radical (unpaired) electrons. The highest BCUT2D eigenvalue weighted by molar-refractivity contribution is 5.94. The molecule has 2 N–H and O–H groups in total. The molecule has 2 aromatic heterocycles. The highest BCUT2D eigenvalue weighted by atomic mass is 16.5. The van der Waals surface area contributed by atoms with Gasteiger partial charge in [0.05, 0.1) is 17.2 Å². The van der Waals surface area contributed by atoms with E-state index < -0.39 is 0 Å². The van der Waals surface area contributed by atoms with Crippen LogP contribution in [0.25, 0.3) is 11.0 Å². The first-order valence-electron chi connectivity index (χ1n) is 11.1. The molecule has 0 aliphatic heterocycles. The molecule has 0 saturated heterocycles. The molecule has 34 heavy (non-hydrogen) atoms. The number of aryl methyl sites for hydroxylation is 1. The lowest BCUT2D eigenvalue weighted by Gasteiger charge is -2.26. The fourth-order valence-corrected chi connectivity index (χ4v) is 4.11. The number of ether oxygens (including phenoxy) is 1. The van der Waals surface area contributed by atoms with Gasteiger partial charge in [-0.25, -0.2) is 4.98 Å². The molecule has 8 nitrogen and oxygen atoms in total. The lowest BCUT2D eigenvalue weighted by Crippen LogP contribution is -2.39. The number of aromatic nitrogens is 3. The van der Waals surface area contributed by atoms with Crippen molar-refractivity contribution in [3.63, 3.8) is 0 Å². The van der Waals surface area contributed by atoms with E-state index in [9.17, 15) is 9.59 Å². The largest absolute Gasteiger partial charge is 0.457 e. The van der Waals surface area contributed by atoms with Gasteiger partial charge in [0.25, 0.3) is 11.8 Å². The summed E-state index contributed by atoms with van der Waals surface area (Å²) in [7, 11) is 1.56. The van der Waals surface area contributed by atoms with Crippen molar-refractivity contribution in [3.8, 4) is 11.5 Å². The van der Waals surface area contributed by atoms with Crippen LogP contribution in [-0.4, -0.2) is 39.9 Å². The third kappa shape index (κ3) is 4.56. The standard InChI is InChI=1S/C26H23N5O3/c1-27-25(32)23-14-20(10-11-28-23)34-19-9-7-16-6-8-18(12-17(16)13-19)30-26(33)24-15-29-21-4-2-3-5-22(21)31-24/h2-5,7,9-11,13-15,18H,6,8,12H2,1H3,(H,27,32)(H,30,33). The number of fused-ring (bicyclic) bond motifs is 2. The van der Waals surface area contributed by atoms with Crippen molar-refractivity contribution in [1.82, 2.24) is 25.6 Å². The van der Waals surface area contributed by atoms with Crippen molar-refractivity contribution in [2.24, 2.45) is 0 Å². The maximum atomic E-state index is 12.8. The van der Waals surface area contributed by atoms with Gasteiger partial charge in [-0.2, -0.15) is 0 Å². The van der Waals surface area contributed by atoms with E-state index in [2.05, 4.69) is 31.7 Å². The van der Waals surface area contributed by atoms with E-state index in [1.807, 2.05) is 36.4 Å². The van der Waals surface area contributed by atoms with E-state index in [1.54, 1.807) is 25.4 Å². The summed E-state index contributed by atoms with van der Waals surface area (Å²) in [6.45, 7) is 0. The Morgan fingerprint density at radius 3 is 2.59 bits per heavy atom. The topological polar surface area (TPSA) is 106 Å². The molecule has 1 aliphatic carbocycles. The first-order chi connectivity index (χ1) is 16.6. The molecule has 2 aromatic carbocycles. The van der Waals surface area contributed by atoms with Gasteiger partial charge in [0.2, 0.25) is 0 Å². The number of carbonyl (C=O) groups is 2. The molecule has 1 aliphatic rings.